The van der Waals surface area contributed by atoms with Crippen LogP contribution in [0.3, 0.4) is 0 Å². The lowest BCUT2D eigenvalue weighted by molar-refractivity contribution is 0.818. The quantitative estimate of drug-likeness (QED) is 0.661. The van der Waals surface area contributed by atoms with Crippen LogP contribution >= 0.6 is 0 Å². The van der Waals surface area contributed by atoms with E-state index in [4.69, 9.17) is 5.10 Å². The van der Waals surface area contributed by atoms with E-state index in [1.807, 2.05) is 0 Å². The highest BCUT2D eigenvalue weighted by atomic mass is 15.3. The fourth-order valence-electron chi connectivity index (χ4n) is 2.84. The van der Waals surface area contributed by atoms with Crippen molar-refractivity contribution in [3.8, 4) is 16.8 Å². The molecule has 0 N–H and O–H groups in total. The number of aryl methyl sites for hydroxylation is 3. The van der Waals surface area contributed by atoms with Gasteiger partial charge in [-0.25, -0.2) is 4.68 Å². The molecule has 22 heavy (non-hydrogen) atoms. The molecule has 2 aromatic carbocycles. The molecule has 0 aliphatic carbocycles. The first-order chi connectivity index (χ1) is 10.6. The first-order valence-corrected chi connectivity index (χ1v) is 7.82. The fourth-order valence-corrected chi connectivity index (χ4v) is 2.84. The summed E-state index contributed by atoms with van der Waals surface area (Å²) in [5, 5.41) is 4.84. The molecule has 0 saturated heterocycles. The van der Waals surface area contributed by atoms with Crippen molar-refractivity contribution in [3.63, 3.8) is 0 Å². The monoisotopic (exact) mass is 290 g/mol. The SMILES string of the molecule is CCc1nn(-c2ccc(C)cc2)c(C)c1-c1ccc(C)cc1. The highest BCUT2D eigenvalue weighted by Crippen LogP contribution is 2.29. The van der Waals surface area contributed by atoms with Gasteiger partial charge in [0, 0.05) is 11.3 Å². The van der Waals surface area contributed by atoms with Gasteiger partial charge in [-0.15, -0.1) is 0 Å². The normalized spacial score (nSPS) is 10.9. The lowest BCUT2D eigenvalue weighted by atomic mass is 10.0. The van der Waals surface area contributed by atoms with Crippen LogP contribution in [0.15, 0.2) is 48.5 Å². The Morgan fingerprint density at radius 2 is 1.36 bits per heavy atom. The third kappa shape index (κ3) is 2.57. The molecule has 112 valence electrons. The van der Waals surface area contributed by atoms with Gasteiger partial charge in [-0.2, -0.15) is 5.10 Å². The van der Waals surface area contributed by atoms with Gasteiger partial charge in [0.1, 0.15) is 0 Å². The van der Waals surface area contributed by atoms with Gasteiger partial charge in [0.15, 0.2) is 0 Å². The lowest BCUT2D eigenvalue weighted by Gasteiger charge is -2.06. The van der Waals surface area contributed by atoms with Gasteiger partial charge in [0.2, 0.25) is 0 Å². The summed E-state index contributed by atoms with van der Waals surface area (Å²) in [5.41, 5.74) is 8.54. The van der Waals surface area contributed by atoms with Gasteiger partial charge in [-0.05, 0) is 44.9 Å². The Balaban J connectivity index is 2.15. The molecule has 3 rings (SSSR count). The van der Waals surface area contributed by atoms with Crippen LogP contribution < -0.4 is 0 Å². The van der Waals surface area contributed by atoms with Crippen LogP contribution in [-0.4, -0.2) is 9.78 Å². The summed E-state index contributed by atoms with van der Waals surface area (Å²) >= 11 is 0. The van der Waals surface area contributed by atoms with Gasteiger partial charge in [0.05, 0.1) is 11.4 Å². The van der Waals surface area contributed by atoms with Gasteiger partial charge in [-0.1, -0.05) is 54.4 Å². The summed E-state index contributed by atoms with van der Waals surface area (Å²) in [6, 6.07) is 17.2. The van der Waals surface area contributed by atoms with Crippen molar-refractivity contribution in [3.05, 3.63) is 71.0 Å². The van der Waals surface area contributed by atoms with E-state index in [9.17, 15) is 0 Å². The molecule has 1 aromatic heterocycles. The minimum Gasteiger partial charge on any atom is -0.237 e. The standard InChI is InChI=1S/C20H22N2/c1-5-19-20(17-10-6-14(2)7-11-17)16(4)22(21-19)18-12-8-15(3)9-13-18/h6-13H,5H2,1-4H3. The highest BCUT2D eigenvalue weighted by molar-refractivity contribution is 5.69. The van der Waals surface area contributed by atoms with E-state index < -0.39 is 0 Å². The van der Waals surface area contributed by atoms with Gasteiger partial charge < -0.3 is 0 Å². The number of nitrogens with zero attached hydrogens (tertiary/aromatic N) is 2. The zero-order valence-electron chi connectivity index (χ0n) is 13.7. The molecule has 0 radical (unpaired) electrons. The molecule has 2 nitrogen and oxygen atoms in total. The Hall–Kier alpha value is -2.35. The van der Waals surface area contributed by atoms with Gasteiger partial charge in [-0.3, -0.25) is 0 Å². The van der Waals surface area contributed by atoms with E-state index in [1.54, 1.807) is 0 Å². The van der Waals surface area contributed by atoms with Crippen molar-refractivity contribution in [1.82, 2.24) is 9.78 Å². The lowest BCUT2D eigenvalue weighted by Crippen LogP contribution is -1.99. The van der Waals surface area contributed by atoms with Crippen molar-refractivity contribution in [2.75, 3.05) is 0 Å². The highest BCUT2D eigenvalue weighted by Gasteiger charge is 2.16. The second kappa shape index (κ2) is 5.80. The topological polar surface area (TPSA) is 17.8 Å². The van der Waals surface area contributed by atoms with Crippen LogP contribution in [-0.2, 0) is 6.42 Å². The second-order valence-electron chi connectivity index (χ2n) is 5.87. The van der Waals surface area contributed by atoms with Crippen LogP contribution in [0.5, 0.6) is 0 Å². The summed E-state index contributed by atoms with van der Waals surface area (Å²) in [5.74, 6) is 0. The average molecular weight is 290 g/mol. The zero-order valence-corrected chi connectivity index (χ0v) is 13.7. The van der Waals surface area contributed by atoms with E-state index in [2.05, 4.69) is 80.9 Å². The van der Waals surface area contributed by atoms with Crippen molar-refractivity contribution in [2.24, 2.45) is 0 Å². The second-order valence-corrected chi connectivity index (χ2v) is 5.87. The van der Waals surface area contributed by atoms with Crippen LogP contribution in [0.1, 0.15) is 29.4 Å². The number of hydrogen-bond acceptors (Lipinski definition) is 1. The molecule has 0 unspecified atom stereocenters. The summed E-state index contributed by atoms with van der Waals surface area (Å²) in [6.07, 6.45) is 0.933. The molecule has 2 heteroatoms. The minimum atomic E-state index is 0.933. The predicted octanol–water partition coefficient (Wildman–Crippen LogP) is 5.03. The van der Waals surface area contributed by atoms with Gasteiger partial charge >= 0.3 is 0 Å². The third-order valence-electron chi connectivity index (χ3n) is 4.14. The number of hydrogen-bond donors (Lipinski definition) is 0. The fraction of sp³-hybridized carbons (Fsp3) is 0.250. The van der Waals surface area contributed by atoms with E-state index in [-0.39, 0.29) is 0 Å². The summed E-state index contributed by atoms with van der Waals surface area (Å²) in [7, 11) is 0. The molecular weight excluding hydrogens is 268 g/mol. The number of benzene rings is 2. The maximum absolute atomic E-state index is 4.84. The molecule has 3 aromatic rings. The molecule has 0 aliphatic heterocycles. The number of aromatic nitrogens is 2. The molecule has 0 spiro atoms. The van der Waals surface area contributed by atoms with E-state index in [1.165, 1.54) is 27.9 Å². The molecule has 0 saturated carbocycles. The smallest absolute Gasteiger partial charge is 0.0707 e. The van der Waals surface area contributed by atoms with Crippen LogP contribution in [0.2, 0.25) is 0 Å². The summed E-state index contributed by atoms with van der Waals surface area (Å²) in [4.78, 5) is 0. The van der Waals surface area contributed by atoms with Crippen molar-refractivity contribution < 1.29 is 0 Å². The molecule has 0 bridgehead atoms. The minimum absolute atomic E-state index is 0.933. The molecule has 0 fully saturated rings. The predicted molar refractivity (Wildman–Crippen MR) is 92.6 cm³/mol. The maximum Gasteiger partial charge on any atom is 0.0707 e. The molecular formula is C20H22N2. The largest absolute Gasteiger partial charge is 0.237 e. The molecule has 0 amide bonds. The number of rotatable bonds is 3. The third-order valence-corrected chi connectivity index (χ3v) is 4.14. The van der Waals surface area contributed by atoms with Crippen LogP contribution in [0, 0.1) is 20.8 Å². The first kappa shape index (κ1) is 14.6. The Morgan fingerprint density at radius 1 is 0.818 bits per heavy atom. The molecule has 0 atom stereocenters. The first-order valence-electron chi connectivity index (χ1n) is 7.82. The van der Waals surface area contributed by atoms with E-state index in [0.29, 0.717) is 0 Å². The Bertz CT molecular complexity index is 778. The summed E-state index contributed by atoms with van der Waals surface area (Å²) < 4.78 is 2.06. The van der Waals surface area contributed by atoms with Crippen molar-refractivity contribution in [2.45, 2.75) is 34.1 Å². The van der Waals surface area contributed by atoms with E-state index >= 15 is 0 Å². The van der Waals surface area contributed by atoms with Crippen LogP contribution in [0.4, 0.5) is 0 Å². The van der Waals surface area contributed by atoms with Gasteiger partial charge in [0.25, 0.3) is 0 Å². The van der Waals surface area contributed by atoms with Crippen molar-refractivity contribution >= 4 is 0 Å². The maximum atomic E-state index is 4.84. The summed E-state index contributed by atoms with van der Waals surface area (Å²) in [6.45, 7) is 8.54. The Morgan fingerprint density at radius 3 is 1.91 bits per heavy atom. The zero-order chi connectivity index (χ0) is 15.7. The average Bonchev–Trinajstić information content (AvgIpc) is 2.86. The Kier molecular flexibility index (Phi) is 3.84. The molecule has 1 heterocycles. The van der Waals surface area contributed by atoms with Crippen LogP contribution in [0.25, 0.3) is 16.8 Å². The van der Waals surface area contributed by atoms with E-state index in [0.717, 1.165) is 17.8 Å². The molecule has 0 aliphatic rings. The Labute approximate surface area is 132 Å². The van der Waals surface area contributed by atoms with Crippen molar-refractivity contribution in [1.29, 1.82) is 0 Å².